The van der Waals surface area contributed by atoms with Crippen molar-refractivity contribution in [1.82, 2.24) is 15.5 Å². The van der Waals surface area contributed by atoms with E-state index in [9.17, 15) is 4.79 Å². The Balaban J connectivity index is 2.00. The van der Waals surface area contributed by atoms with E-state index in [1.807, 2.05) is 31.2 Å². The fourth-order valence-corrected chi connectivity index (χ4v) is 2.16. The molecular weight excluding hydrogens is 328 g/mol. The first-order valence-electron chi connectivity index (χ1n) is 9.03. The maximum absolute atomic E-state index is 11.8. The average molecular weight is 358 g/mol. The number of carbonyl (C=O) groups excluding carboxylic acids is 1. The number of para-hydroxylation sites is 1. The maximum atomic E-state index is 11.8. The predicted octanol–water partition coefficient (Wildman–Crippen LogP) is 2.17. The summed E-state index contributed by atoms with van der Waals surface area (Å²) in [6.45, 7) is 7.87. The lowest BCUT2D eigenvalue weighted by atomic mass is 10.2. The minimum atomic E-state index is -0.0111. The fourth-order valence-electron chi connectivity index (χ4n) is 2.16. The van der Waals surface area contributed by atoms with Gasteiger partial charge >= 0.3 is 0 Å². The molecule has 1 aromatic carbocycles. The Morgan fingerprint density at radius 2 is 1.96 bits per heavy atom. The van der Waals surface area contributed by atoms with Gasteiger partial charge in [-0.2, -0.15) is 0 Å². The monoisotopic (exact) mass is 358 g/mol. The Labute approximate surface area is 156 Å². The van der Waals surface area contributed by atoms with Crippen molar-refractivity contribution in [2.24, 2.45) is 10.9 Å². The van der Waals surface area contributed by atoms with Gasteiger partial charge in [0.05, 0.1) is 19.7 Å². The largest absolute Gasteiger partial charge is 0.493 e. The lowest BCUT2D eigenvalue weighted by Crippen LogP contribution is -2.43. The van der Waals surface area contributed by atoms with E-state index in [0.717, 1.165) is 23.5 Å². The number of guanidine groups is 1. The quantitative estimate of drug-likeness (QED) is 0.403. The molecule has 0 aliphatic heterocycles. The summed E-state index contributed by atoms with van der Waals surface area (Å²) in [5, 5.41) is 6.26. The molecule has 1 aromatic rings. The highest BCUT2D eigenvalue weighted by Gasteiger charge is 2.22. The van der Waals surface area contributed by atoms with Gasteiger partial charge in [-0.15, -0.1) is 0 Å². The molecule has 1 saturated carbocycles. The minimum Gasteiger partial charge on any atom is -0.493 e. The Morgan fingerprint density at radius 1 is 1.27 bits per heavy atom. The summed E-state index contributed by atoms with van der Waals surface area (Å²) in [4.78, 5) is 18.0. The first-order valence-corrected chi connectivity index (χ1v) is 9.03. The lowest BCUT2D eigenvalue weighted by Gasteiger charge is -2.15. The van der Waals surface area contributed by atoms with Gasteiger partial charge in [-0.3, -0.25) is 4.79 Å². The molecule has 1 aliphatic carbocycles. The highest BCUT2D eigenvalue weighted by molar-refractivity contribution is 5.86. The maximum Gasteiger partial charge on any atom is 0.241 e. The van der Waals surface area contributed by atoms with Gasteiger partial charge < -0.3 is 20.3 Å². The van der Waals surface area contributed by atoms with Crippen LogP contribution in [0.3, 0.4) is 0 Å². The van der Waals surface area contributed by atoms with E-state index >= 15 is 0 Å². The summed E-state index contributed by atoms with van der Waals surface area (Å²) in [5.74, 6) is 2.16. The normalized spacial score (nSPS) is 13.9. The van der Waals surface area contributed by atoms with Gasteiger partial charge in [0, 0.05) is 26.2 Å². The number of ether oxygens (including phenoxy) is 1. The summed E-state index contributed by atoms with van der Waals surface area (Å²) >= 11 is 0. The van der Waals surface area contributed by atoms with Crippen LogP contribution in [-0.2, 0) is 11.3 Å². The molecule has 0 radical (unpaired) electrons. The molecule has 0 unspecified atom stereocenters. The standard InChI is InChI=1S/C20H30N4O2/c1-15(2)11-21-20(23-13-19(25)24(3)4)22-12-17-7-5-6-8-18(17)26-14-16-9-10-16/h5-8,16H,1,9-14H2,2-4H3,(H2,21,22,23). The lowest BCUT2D eigenvalue weighted by molar-refractivity contribution is -0.127. The van der Waals surface area contributed by atoms with Crippen LogP contribution in [0, 0.1) is 5.92 Å². The van der Waals surface area contributed by atoms with Crippen molar-refractivity contribution in [2.45, 2.75) is 26.3 Å². The van der Waals surface area contributed by atoms with Gasteiger partial charge in [-0.05, 0) is 31.7 Å². The summed E-state index contributed by atoms with van der Waals surface area (Å²) < 4.78 is 5.94. The van der Waals surface area contributed by atoms with Crippen LogP contribution in [0.5, 0.6) is 5.75 Å². The summed E-state index contributed by atoms with van der Waals surface area (Å²) in [6.07, 6.45) is 2.53. The number of amides is 1. The van der Waals surface area contributed by atoms with E-state index < -0.39 is 0 Å². The Bertz CT molecular complexity index is 651. The highest BCUT2D eigenvalue weighted by atomic mass is 16.5. The van der Waals surface area contributed by atoms with Crippen molar-refractivity contribution in [1.29, 1.82) is 0 Å². The number of carbonyl (C=O) groups is 1. The molecule has 1 fully saturated rings. The van der Waals surface area contributed by atoms with Crippen LogP contribution in [-0.4, -0.2) is 50.6 Å². The van der Waals surface area contributed by atoms with E-state index in [2.05, 4.69) is 22.2 Å². The Kier molecular flexibility index (Phi) is 7.51. The van der Waals surface area contributed by atoms with E-state index in [4.69, 9.17) is 4.74 Å². The van der Waals surface area contributed by atoms with Crippen LogP contribution in [0.4, 0.5) is 0 Å². The predicted molar refractivity (Wildman–Crippen MR) is 105 cm³/mol. The van der Waals surface area contributed by atoms with Gasteiger partial charge in [-0.1, -0.05) is 30.4 Å². The average Bonchev–Trinajstić information content (AvgIpc) is 3.43. The zero-order valence-corrected chi connectivity index (χ0v) is 16.0. The number of rotatable bonds is 9. The van der Waals surface area contributed by atoms with Crippen molar-refractivity contribution in [3.05, 3.63) is 42.0 Å². The van der Waals surface area contributed by atoms with E-state index in [1.54, 1.807) is 19.0 Å². The summed E-state index contributed by atoms with van der Waals surface area (Å²) in [6, 6.07) is 7.97. The van der Waals surface area contributed by atoms with Crippen LogP contribution >= 0.6 is 0 Å². The summed E-state index contributed by atoms with van der Waals surface area (Å²) in [7, 11) is 3.46. The van der Waals surface area contributed by atoms with Crippen LogP contribution in [0.1, 0.15) is 25.3 Å². The SMILES string of the molecule is C=C(C)CNC(=NCc1ccccc1OCC1CC1)NCC(=O)N(C)C. The molecule has 0 spiro atoms. The zero-order valence-electron chi connectivity index (χ0n) is 16.0. The number of likely N-dealkylation sites (N-methyl/N-ethyl adjacent to an activating group) is 1. The fraction of sp³-hybridized carbons (Fsp3) is 0.500. The van der Waals surface area contributed by atoms with Gasteiger partial charge in [0.2, 0.25) is 5.91 Å². The molecular formula is C20H30N4O2. The van der Waals surface area contributed by atoms with Crippen LogP contribution < -0.4 is 15.4 Å². The Morgan fingerprint density at radius 3 is 2.62 bits per heavy atom. The second-order valence-corrected chi connectivity index (χ2v) is 6.98. The van der Waals surface area contributed by atoms with Crippen molar-refractivity contribution >= 4 is 11.9 Å². The van der Waals surface area contributed by atoms with Crippen molar-refractivity contribution in [2.75, 3.05) is 33.8 Å². The Hall–Kier alpha value is -2.50. The van der Waals surface area contributed by atoms with E-state index in [0.29, 0.717) is 25.0 Å². The zero-order chi connectivity index (χ0) is 18.9. The molecule has 2 N–H and O–H groups in total. The third-order valence-electron chi connectivity index (χ3n) is 4.02. The molecule has 6 heteroatoms. The molecule has 0 heterocycles. The molecule has 0 bridgehead atoms. The van der Waals surface area contributed by atoms with Gasteiger partial charge in [0.25, 0.3) is 0 Å². The molecule has 26 heavy (non-hydrogen) atoms. The molecule has 1 aliphatic rings. The molecule has 142 valence electrons. The summed E-state index contributed by atoms with van der Waals surface area (Å²) in [5.41, 5.74) is 2.02. The van der Waals surface area contributed by atoms with Crippen LogP contribution in [0.2, 0.25) is 0 Å². The van der Waals surface area contributed by atoms with Crippen molar-refractivity contribution < 1.29 is 9.53 Å². The third kappa shape index (κ3) is 7.17. The second kappa shape index (κ2) is 9.85. The van der Waals surface area contributed by atoms with Crippen LogP contribution in [0.15, 0.2) is 41.4 Å². The number of aliphatic imine (C=N–C) groups is 1. The molecule has 0 aromatic heterocycles. The number of nitrogens with zero attached hydrogens (tertiary/aromatic N) is 2. The van der Waals surface area contributed by atoms with Crippen molar-refractivity contribution in [3.8, 4) is 5.75 Å². The van der Waals surface area contributed by atoms with Gasteiger partial charge in [0.1, 0.15) is 5.75 Å². The first kappa shape index (κ1) is 19.8. The van der Waals surface area contributed by atoms with Crippen LogP contribution in [0.25, 0.3) is 0 Å². The van der Waals surface area contributed by atoms with Gasteiger partial charge in [0.15, 0.2) is 5.96 Å². The number of hydrogen-bond acceptors (Lipinski definition) is 3. The number of hydrogen-bond donors (Lipinski definition) is 2. The van der Waals surface area contributed by atoms with E-state index in [1.165, 1.54) is 12.8 Å². The van der Waals surface area contributed by atoms with Gasteiger partial charge in [-0.25, -0.2) is 4.99 Å². The molecule has 6 nitrogen and oxygen atoms in total. The number of nitrogens with one attached hydrogen (secondary N) is 2. The molecule has 1 amide bonds. The highest BCUT2D eigenvalue weighted by Crippen LogP contribution is 2.30. The topological polar surface area (TPSA) is 66.0 Å². The third-order valence-corrected chi connectivity index (χ3v) is 4.02. The first-order chi connectivity index (χ1) is 12.5. The molecule has 0 atom stereocenters. The van der Waals surface area contributed by atoms with E-state index in [-0.39, 0.29) is 12.5 Å². The molecule has 2 rings (SSSR count). The number of benzene rings is 1. The molecule has 0 saturated heterocycles. The van der Waals surface area contributed by atoms with Crippen molar-refractivity contribution in [3.63, 3.8) is 0 Å². The second-order valence-electron chi connectivity index (χ2n) is 6.98. The smallest absolute Gasteiger partial charge is 0.241 e. The minimum absolute atomic E-state index is 0.0111.